The van der Waals surface area contributed by atoms with Crippen LogP contribution in [0.2, 0.25) is 0 Å². The van der Waals surface area contributed by atoms with Gasteiger partial charge in [-0.2, -0.15) is 0 Å². The maximum absolute atomic E-state index is 10.9. The highest BCUT2D eigenvalue weighted by atomic mass is 16.6. The highest BCUT2D eigenvalue weighted by Gasteiger charge is 2.10. The molecule has 0 bridgehead atoms. The molecule has 0 saturated heterocycles. The number of rotatable bonds is 3. The Balaban J connectivity index is 3.21. The fourth-order valence-electron chi connectivity index (χ4n) is 1.34. The van der Waals surface area contributed by atoms with Gasteiger partial charge in [0.05, 0.1) is 12.2 Å². The number of nitrogens with two attached hydrogens (primary N) is 1. The Morgan fingerprint density at radius 1 is 1.50 bits per heavy atom. The van der Waals surface area contributed by atoms with Crippen molar-refractivity contribution in [2.24, 2.45) is 5.90 Å². The van der Waals surface area contributed by atoms with Gasteiger partial charge in [-0.25, -0.2) is 10.7 Å². The zero-order valence-electron chi connectivity index (χ0n) is 8.20. The number of hydrogen-bond acceptors (Lipinski definition) is 3. The second kappa shape index (κ2) is 4.21. The summed E-state index contributed by atoms with van der Waals surface area (Å²) < 4.78 is 0. The fourth-order valence-corrected chi connectivity index (χ4v) is 1.34. The van der Waals surface area contributed by atoms with Gasteiger partial charge in [-0.3, -0.25) is 4.84 Å². The molecule has 4 heteroatoms. The van der Waals surface area contributed by atoms with E-state index in [4.69, 9.17) is 11.0 Å². The molecule has 1 aromatic carbocycles. The third-order valence-electron chi connectivity index (χ3n) is 2.21. The number of carboxylic acids is 1. The molecule has 76 valence electrons. The summed E-state index contributed by atoms with van der Waals surface area (Å²) in [5.41, 5.74) is 2.78. The lowest BCUT2D eigenvalue weighted by molar-refractivity contribution is 0.0695. The number of benzene rings is 1. The lowest BCUT2D eigenvalue weighted by Crippen LogP contribution is -2.05. The van der Waals surface area contributed by atoms with E-state index in [1.54, 1.807) is 13.0 Å². The third-order valence-corrected chi connectivity index (χ3v) is 2.21. The molecule has 1 aromatic rings. The number of aromatic carboxylic acids is 1. The zero-order chi connectivity index (χ0) is 10.7. The molecule has 0 heterocycles. The van der Waals surface area contributed by atoms with Crippen LogP contribution in [0.4, 0.5) is 0 Å². The standard InChI is InChI=1S/C10H13NO3/c1-6-3-8(5-14-11)4-9(7(6)2)10(12)13/h3-4H,5,11H2,1-2H3,(H,12,13). The van der Waals surface area contributed by atoms with Gasteiger partial charge in [0.2, 0.25) is 0 Å². The Morgan fingerprint density at radius 2 is 2.14 bits per heavy atom. The highest BCUT2D eigenvalue weighted by molar-refractivity contribution is 5.90. The summed E-state index contributed by atoms with van der Waals surface area (Å²) in [6.45, 7) is 3.87. The summed E-state index contributed by atoms with van der Waals surface area (Å²) in [5.74, 6) is 4.00. The van der Waals surface area contributed by atoms with E-state index < -0.39 is 5.97 Å². The van der Waals surface area contributed by atoms with Crippen LogP contribution in [0.15, 0.2) is 12.1 Å². The molecule has 0 radical (unpaired) electrons. The maximum Gasteiger partial charge on any atom is 0.335 e. The molecule has 4 nitrogen and oxygen atoms in total. The number of carboxylic acid groups (broad SMARTS) is 1. The summed E-state index contributed by atoms with van der Waals surface area (Å²) in [6.07, 6.45) is 0. The Labute approximate surface area is 82.3 Å². The lowest BCUT2D eigenvalue weighted by Gasteiger charge is -2.08. The maximum atomic E-state index is 10.9. The average molecular weight is 195 g/mol. The van der Waals surface area contributed by atoms with Gasteiger partial charge in [-0.05, 0) is 36.6 Å². The van der Waals surface area contributed by atoms with E-state index in [-0.39, 0.29) is 6.61 Å². The van der Waals surface area contributed by atoms with Crippen molar-refractivity contribution in [1.82, 2.24) is 0 Å². The van der Waals surface area contributed by atoms with Crippen LogP contribution in [0.25, 0.3) is 0 Å². The SMILES string of the molecule is Cc1cc(CON)cc(C(=O)O)c1C. The molecule has 0 atom stereocenters. The van der Waals surface area contributed by atoms with Crippen LogP contribution in [0.1, 0.15) is 27.0 Å². The highest BCUT2D eigenvalue weighted by Crippen LogP contribution is 2.16. The molecule has 0 aliphatic rings. The van der Waals surface area contributed by atoms with E-state index in [9.17, 15) is 4.79 Å². The smallest absolute Gasteiger partial charge is 0.335 e. The molecular formula is C10H13NO3. The molecule has 0 fully saturated rings. The molecule has 0 aliphatic heterocycles. The molecule has 0 amide bonds. The van der Waals surface area contributed by atoms with Gasteiger partial charge in [0.15, 0.2) is 0 Å². The van der Waals surface area contributed by atoms with E-state index in [0.717, 1.165) is 16.7 Å². The lowest BCUT2D eigenvalue weighted by atomic mass is 10.00. The van der Waals surface area contributed by atoms with E-state index in [1.165, 1.54) is 0 Å². The van der Waals surface area contributed by atoms with Crippen molar-refractivity contribution < 1.29 is 14.7 Å². The normalized spacial score (nSPS) is 10.2. The molecule has 0 aromatic heterocycles. The van der Waals surface area contributed by atoms with Crippen LogP contribution in [-0.4, -0.2) is 11.1 Å². The zero-order valence-corrected chi connectivity index (χ0v) is 8.20. The van der Waals surface area contributed by atoms with E-state index in [1.807, 2.05) is 13.0 Å². The van der Waals surface area contributed by atoms with E-state index >= 15 is 0 Å². The second-order valence-corrected chi connectivity index (χ2v) is 3.20. The Morgan fingerprint density at radius 3 is 2.64 bits per heavy atom. The molecule has 0 unspecified atom stereocenters. The van der Waals surface area contributed by atoms with Crippen molar-refractivity contribution in [2.75, 3.05) is 0 Å². The monoisotopic (exact) mass is 195 g/mol. The van der Waals surface area contributed by atoms with Gasteiger partial charge in [0.25, 0.3) is 0 Å². The fraction of sp³-hybridized carbons (Fsp3) is 0.300. The van der Waals surface area contributed by atoms with E-state index in [0.29, 0.717) is 5.56 Å². The van der Waals surface area contributed by atoms with Crippen molar-refractivity contribution in [3.8, 4) is 0 Å². The van der Waals surface area contributed by atoms with E-state index in [2.05, 4.69) is 4.84 Å². The molecule has 0 aliphatic carbocycles. The van der Waals surface area contributed by atoms with Crippen molar-refractivity contribution in [3.63, 3.8) is 0 Å². The van der Waals surface area contributed by atoms with Crippen LogP contribution in [0, 0.1) is 13.8 Å². The van der Waals surface area contributed by atoms with Gasteiger partial charge in [0.1, 0.15) is 0 Å². The number of carbonyl (C=O) groups is 1. The molecule has 0 spiro atoms. The Hall–Kier alpha value is -1.39. The van der Waals surface area contributed by atoms with Gasteiger partial charge in [-0.15, -0.1) is 0 Å². The van der Waals surface area contributed by atoms with Crippen LogP contribution in [0.3, 0.4) is 0 Å². The van der Waals surface area contributed by atoms with Crippen LogP contribution >= 0.6 is 0 Å². The third kappa shape index (κ3) is 2.10. The summed E-state index contributed by atoms with van der Waals surface area (Å²) in [4.78, 5) is 15.3. The summed E-state index contributed by atoms with van der Waals surface area (Å²) >= 11 is 0. The number of hydrogen-bond donors (Lipinski definition) is 2. The van der Waals surface area contributed by atoms with Crippen molar-refractivity contribution in [1.29, 1.82) is 0 Å². The van der Waals surface area contributed by atoms with Gasteiger partial charge in [-0.1, -0.05) is 6.07 Å². The van der Waals surface area contributed by atoms with Gasteiger partial charge < -0.3 is 5.11 Å². The molecule has 0 saturated carbocycles. The Bertz CT molecular complexity index is 361. The molecule has 1 rings (SSSR count). The minimum atomic E-state index is -0.926. The molecule has 14 heavy (non-hydrogen) atoms. The first-order valence-electron chi connectivity index (χ1n) is 4.21. The minimum absolute atomic E-state index is 0.224. The predicted octanol–water partition coefficient (Wildman–Crippen LogP) is 1.39. The van der Waals surface area contributed by atoms with Crippen LogP contribution < -0.4 is 5.90 Å². The largest absolute Gasteiger partial charge is 0.478 e. The Kier molecular flexibility index (Phi) is 3.22. The first-order valence-corrected chi connectivity index (χ1v) is 4.21. The topological polar surface area (TPSA) is 72.5 Å². The first-order chi connectivity index (χ1) is 6.56. The average Bonchev–Trinajstić information content (AvgIpc) is 2.11. The van der Waals surface area contributed by atoms with Crippen LogP contribution in [0.5, 0.6) is 0 Å². The van der Waals surface area contributed by atoms with Crippen molar-refractivity contribution >= 4 is 5.97 Å². The van der Waals surface area contributed by atoms with Gasteiger partial charge >= 0.3 is 5.97 Å². The predicted molar refractivity (Wildman–Crippen MR) is 51.9 cm³/mol. The molecular weight excluding hydrogens is 182 g/mol. The van der Waals surface area contributed by atoms with Crippen molar-refractivity contribution in [3.05, 3.63) is 34.4 Å². The van der Waals surface area contributed by atoms with Gasteiger partial charge in [0, 0.05) is 0 Å². The molecule has 3 N–H and O–H groups in total. The summed E-state index contributed by atoms with van der Waals surface area (Å²) in [7, 11) is 0. The summed E-state index contributed by atoms with van der Waals surface area (Å²) in [6, 6.07) is 3.45. The summed E-state index contributed by atoms with van der Waals surface area (Å²) in [5, 5.41) is 8.91. The second-order valence-electron chi connectivity index (χ2n) is 3.20. The van der Waals surface area contributed by atoms with Crippen LogP contribution in [-0.2, 0) is 11.4 Å². The van der Waals surface area contributed by atoms with Crippen molar-refractivity contribution in [2.45, 2.75) is 20.5 Å². The minimum Gasteiger partial charge on any atom is -0.478 e. The quantitative estimate of drug-likeness (QED) is 0.715. The first kappa shape index (κ1) is 10.7. The number of aryl methyl sites for hydroxylation is 1.